The van der Waals surface area contributed by atoms with Crippen LogP contribution in [-0.2, 0) is 9.59 Å². The molecular formula is C22H22N2O7. The highest BCUT2D eigenvalue weighted by Crippen LogP contribution is 2.33. The van der Waals surface area contributed by atoms with Crippen LogP contribution in [0.1, 0.15) is 28.8 Å². The molecule has 0 fully saturated rings. The number of methoxy groups -OCH3 is 1. The van der Waals surface area contributed by atoms with Gasteiger partial charge in [0, 0.05) is 13.0 Å². The molecule has 2 aromatic rings. The van der Waals surface area contributed by atoms with Gasteiger partial charge in [0.25, 0.3) is 11.8 Å². The van der Waals surface area contributed by atoms with E-state index in [-0.39, 0.29) is 37.4 Å². The number of carboxylic acids is 1. The molecule has 3 N–H and O–H groups in total. The summed E-state index contributed by atoms with van der Waals surface area (Å²) >= 11 is 0. The Morgan fingerprint density at radius 2 is 1.90 bits per heavy atom. The Kier molecular flexibility index (Phi) is 7.10. The molecule has 0 bridgehead atoms. The van der Waals surface area contributed by atoms with Crippen LogP contribution < -0.4 is 24.8 Å². The topological polar surface area (TPSA) is 123 Å². The van der Waals surface area contributed by atoms with E-state index in [0.29, 0.717) is 22.8 Å². The Balaban J connectivity index is 1.82. The van der Waals surface area contributed by atoms with Gasteiger partial charge in [-0.15, -0.1) is 0 Å². The lowest BCUT2D eigenvalue weighted by Gasteiger charge is -2.13. The number of carboxylic acid groups (broad SMARTS) is 1. The van der Waals surface area contributed by atoms with Crippen LogP contribution in [0, 0.1) is 0 Å². The van der Waals surface area contributed by atoms with Gasteiger partial charge in [-0.25, -0.2) is 0 Å². The van der Waals surface area contributed by atoms with E-state index in [9.17, 15) is 14.4 Å². The van der Waals surface area contributed by atoms with E-state index in [1.165, 1.54) is 13.2 Å². The molecule has 162 valence electrons. The minimum atomic E-state index is -0.949. The first-order chi connectivity index (χ1) is 15.0. The van der Waals surface area contributed by atoms with Crippen molar-refractivity contribution in [2.45, 2.75) is 12.8 Å². The largest absolute Gasteiger partial charge is 0.496 e. The summed E-state index contributed by atoms with van der Waals surface area (Å²) in [5.41, 5.74) is 0.866. The second kappa shape index (κ2) is 10.1. The van der Waals surface area contributed by atoms with E-state index in [0.717, 1.165) is 0 Å². The van der Waals surface area contributed by atoms with Crippen molar-refractivity contribution >= 4 is 23.9 Å². The third kappa shape index (κ3) is 5.75. The number of carbonyl (C=O) groups is 3. The molecule has 0 atom stereocenters. The summed E-state index contributed by atoms with van der Waals surface area (Å²) in [7, 11) is 1.45. The number of hydrogen-bond acceptors (Lipinski definition) is 6. The molecule has 2 amide bonds. The van der Waals surface area contributed by atoms with E-state index in [4.69, 9.17) is 19.3 Å². The quantitative estimate of drug-likeness (QED) is 0.415. The number of rotatable bonds is 9. The van der Waals surface area contributed by atoms with Crippen LogP contribution in [0.15, 0.2) is 48.2 Å². The molecule has 31 heavy (non-hydrogen) atoms. The first-order valence-corrected chi connectivity index (χ1v) is 9.53. The van der Waals surface area contributed by atoms with Crippen LogP contribution >= 0.6 is 0 Å². The fraction of sp³-hybridized carbons (Fsp3) is 0.227. The van der Waals surface area contributed by atoms with E-state index >= 15 is 0 Å². The fourth-order valence-corrected chi connectivity index (χ4v) is 2.89. The maximum absolute atomic E-state index is 12.8. The second-order valence-electron chi connectivity index (χ2n) is 6.58. The summed E-state index contributed by atoms with van der Waals surface area (Å²) in [6.45, 7) is 0.262. The normalized spacial score (nSPS) is 12.2. The Hall–Kier alpha value is -4.01. The molecule has 9 heteroatoms. The number of aliphatic carboxylic acids is 1. The average Bonchev–Trinajstić information content (AvgIpc) is 3.23. The second-order valence-corrected chi connectivity index (χ2v) is 6.58. The summed E-state index contributed by atoms with van der Waals surface area (Å²) in [5.74, 6) is -0.531. The van der Waals surface area contributed by atoms with Gasteiger partial charge in [-0.05, 0) is 42.3 Å². The summed E-state index contributed by atoms with van der Waals surface area (Å²) in [4.78, 5) is 36.2. The van der Waals surface area contributed by atoms with Gasteiger partial charge < -0.3 is 30.0 Å². The molecule has 9 nitrogen and oxygen atoms in total. The number of carbonyl (C=O) groups excluding carboxylic acids is 2. The predicted octanol–water partition coefficient (Wildman–Crippen LogP) is 2.18. The van der Waals surface area contributed by atoms with Gasteiger partial charge in [0.05, 0.1) is 12.7 Å². The Bertz CT molecular complexity index is 1020. The van der Waals surface area contributed by atoms with Crippen molar-refractivity contribution in [3.8, 4) is 17.2 Å². The van der Waals surface area contributed by atoms with Crippen molar-refractivity contribution in [1.82, 2.24) is 10.6 Å². The molecule has 3 rings (SSSR count). The van der Waals surface area contributed by atoms with Crippen molar-refractivity contribution in [3.05, 3.63) is 59.3 Å². The summed E-state index contributed by atoms with van der Waals surface area (Å²) in [6, 6.07) is 11.8. The lowest BCUT2D eigenvalue weighted by Crippen LogP contribution is -2.35. The maximum Gasteiger partial charge on any atom is 0.303 e. The van der Waals surface area contributed by atoms with Crippen LogP contribution in [-0.4, -0.2) is 43.3 Å². The van der Waals surface area contributed by atoms with Crippen LogP contribution in [0.3, 0.4) is 0 Å². The minimum absolute atomic E-state index is 0.00917. The number of benzene rings is 2. The molecule has 1 aliphatic heterocycles. The zero-order valence-corrected chi connectivity index (χ0v) is 16.8. The number of para-hydroxylation sites is 1. The van der Waals surface area contributed by atoms with E-state index < -0.39 is 17.8 Å². The Morgan fingerprint density at radius 1 is 1.13 bits per heavy atom. The highest BCUT2D eigenvalue weighted by Gasteiger charge is 2.18. The van der Waals surface area contributed by atoms with Gasteiger partial charge in [-0.3, -0.25) is 14.4 Å². The number of amides is 2. The zero-order valence-electron chi connectivity index (χ0n) is 16.8. The Labute approximate surface area is 178 Å². The number of nitrogens with one attached hydrogen (secondary N) is 2. The first-order valence-electron chi connectivity index (χ1n) is 9.53. The maximum atomic E-state index is 12.8. The average molecular weight is 426 g/mol. The lowest BCUT2D eigenvalue weighted by atomic mass is 10.1. The molecule has 0 saturated carbocycles. The van der Waals surface area contributed by atoms with E-state index in [1.54, 1.807) is 42.5 Å². The molecule has 0 radical (unpaired) electrons. The smallest absolute Gasteiger partial charge is 0.303 e. The third-order valence-electron chi connectivity index (χ3n) is 4.41. The van der Waals surface area contributed by atoms with Crippen molar-refractivity contribution in [2.24, 2.45) is 0 Å². The van der Waals surface area contributed by atoms with Crippen LogP contribution in [0.25, 0.3) is 6.08 Å². The molecule has 1 heterocycles. The molecule has 0 aromatic heterocycles. The van der Waals surface area contributed by atoms with Gasteiger partial charge in [-0.1, -0.05) is 18.2 Å². The van der Waals surface area contributed by atoms with E-state index in [2.05, 4.69) is 10.6 Å². The van der Waals surface area contributed by atoms with Gasteiger partial charge in [-0.2, -0.15) is 0 Å². The predicted molar refractivity (Wildman–Crippen MR) is 111 cm³/mol. The van der Waals surface area contributed by atoms with Crippen molar-refractivity contribution in [1.29, 1.82) is 0 Å². The molecule has 1 aliphatic rings. The molecule has 0 saturated heterocycles. The summed E-state index contributed by atoms with van der Waals surface area (Å²) in [5, 5.41) is 14.0. The Morgan fingerprint density at radius 3 is 2.68 bits per heavy atom. The molecule has 0 unspecified atom stereocenters. The number of fused-ring (bicyclic) bond motifs is 1. The standard InChI is InChI=1S/C22H22N2O7/c1-29-17-6-3-2-5-15(17)21(27)24-16(22(28)23-10-4-7-20(25)26)11-14-8-9-18-19(12-14)31-13-30-18/h2-3,5-6,8-9,11-12H,4,7,10,13H2,1H3,(H,23,28)(H,24,27)(H,25,26)/b16-11-. The highest BCUT2D eigenvalue weighted by molar-refractivity contribution is 6.06. The van der Waals surface area contributed by atoms with Crippen molar-refractivity contribution in [3.63, 3.8) is 0 Å². The highest BCUT2D eigenvalue weighted by atomic mass is 16.7. The van der Waals surface area contributed by atoms with Gasteiger partial charge in [0.15, 0.2) is 11.5 Å². The minimum Gasteiger partial charge on any atom is -0.496 e. The van der Waals surface area contributed by atoms with Gasteiger partial charge in [0.2, 0.25) is 6.79 Å². The van der Waals surface area contributed by atoms with Crippen LogP contribution in [0.2, 0.25) is 0 Å². The molecule has 0 spiro atoms. The lowest BCUT2D eigenvalue weighted by molar-refractivity contribution is -0.137. The zero-order chi connectivity index (χ0) is 22.2. The molecule has 2 aromatic carbocycles. The first kappa shape index (κ1) is 21.7. The van der Waals surface area contributed by atoms with Crippen molar-refractivity contribution in [2.75, 3.05) is 20.4 Å². The number of hydrogen-bond donors (Lipinski definition) is 3. The SMILES string of the molecule is COc1ccccc1C(=O)N/C(=C\c1ccc2c(c1)OCO2)C(=O)NCCCC(=O)O. The van der Waals surface area contributed by atoms with Gasteiger partial charge in [0.1, 0.15) is 11.4 Å². The summed E-state index contributed by atoms with van der Waals surface area (Å²) in [6.07, 6.45) is 1.69. The van der Waals surface area contributed by atoms with Crippen LogP contribution in [0.4, 0.5) is 0 Å². The van der Waals surface area contributed by atoms with Crippen molar-refractivity contribution < 1.29 is 33.7 Å². The van der Waals surface area contributed by atoms with E-state index in [1.807, 2.05) is 0 Å². The molecular weight excluding hydrogens is 404 g/mol. The third-order valence-corrected chi connectivity index (χ3v) is 4.41. The molecule has 0 aliphatic carbocycles. The van der Waals surface area contributed by atoms with Crippen LogP contribution in [0.5, 0.6) is 17.2 Å². The summed E-state index contributed by atoms with van der Waals surface area (Å²) < 4.78 is 15.8. The van der Waals surface area contributed by atoms with Gasteiger partial charge >= 0.3 is 5.97 Å². The fourth-order valence-electron chi connectivity index (χ4n) is 2.89. The number of ether oxygens (including phenoxy) is 3. The monoisotopic (exact) mass is 426 g/mol.